The van der Waals surface area contributed by atoms with Gasteiger partial charge >= 0.3 is 12.1 Å². The number of rotatable bonds is 7. The van der Waals surface area contributed by atoms with Gasteiger partial charge in [0.2, 0.25) is 5.88 Å². The lowest BCUT2D eigenvalue weighted by atomic mass is 9.99. The zero-order valence-corrected chi connectivity index (χ0v) is 19.9. The highest BCUT2D eigenvalue weighted by Crippen LogP contribution is 2.43. The molecule has 1 aliphatic carbocycles. The molecule has 0 aliphatic heterocycles. The predicted octanol–water partition coefficient (Wildman–Crippen LogP) is 7.14. The topological polar surface area (TPSA) is 61.3 Å². The lowest BCUT2D eigenvalue weighted by molar-refractivity contribution is -0.137. The molecule has 0 fully saturated rings. The monoisotopic (exact) mass is 520 g/mol. The summed E-state index contributed by atoms with van der Waals surface area (Å²) in [4.78, 5) is 20.5. The third-order valence-electron chi connectivity index (χ3n) is 5.64. The first-order valence-corrected chi connectivity index (χ1v) is 11.6. The lowest BCUT2D eigenvalue weighted by Gasteiger charge is -2.16. The maximum atomic E-state index is 14.2. The van der Waals surface area contributed by atoms with E-state index in [0.29, 0.717) is 42.3 Å². The van der Waals surface area contributed by atoms with Crippen molar-refractivity contribution in [2.45, 2.75) is 39.0 Å². The number of carbonyl (C=O) groups excluding carboxylic acids is 1. The second-order valence-corrected chi connectivity index (χ2v) is 8.47. The van der Waals surface area contributed by atoms with Crippen LogP contribution >= 0.6 is 11.6 Å². The van der Waals surface area contributed by atoms with Gasteiger partial charge in [0.05, 0.1) is 17.9 Å². The van der Waals surface area contributed by atoms with E-state index >= 15 is 0 Å². The highest BCUT2D eigenvalue weighted by atomic mass is 35.5. The average Bonchev–Trinajstić information content (AvgIpc) is 3.33. The van der Waals surface area contributed by atoms with Crippen molar-refractivity contribution < 1.29 is 31.8 Å². The Bertz CT molecular complexity index is 1320. The molecule has 5 nitrogen and oxygen atoms in total. The van der Waals surface area contributed by atoms with Gasteiger partial charge in [0, 0.05) is 22.3 Å². The summed E-state index contributed by atoms with van der Waals surface area (Å²) in [7, 11) is 0. The van der Waals surface area contributed by atoms with Gasteiger partial charge in [-0.15, -0.1) is 0 Å². The molecule has 0 saturated heterocycles. The molecule has 0 N–H and O–H groups in total. The van der Waals surface area contributed by atoms with Crippen molar-refractivity contribution in [3.8, 4) is 5.88 Å². The fourth-order valence-corrected chi connectivity index (χ4v) is 4.13. The summed E-state index contributed by atoms with van der Waals surface area (Å²) >= 11 is 5.79. The number of benzene rings is 1. The Kier molecular flexibility index (Phi) is 7.59. The molecular weight excluding hydrogens is 500 g/mol. The van der Waals surface area contributed by atoms with Gasteiger partial charge in [0.1, 0.15) is 18.1 Å². The number of esters is 1. The molecule has 2 heterocycles. The number of allylic oxidation sites excluding steroid dienone is 2. The van der Waals surface area contributed by atoms with Crippen molar-refractivity contribution in [1.29, 1.82) is 0 Å². The third-order valence-corrected chi connectivity index (χ3v) is 5.88. The lowest BCUT2D eigenvalue weighted by Crippen LogP contribution is -2.09. The third kappa shape index (κ3) is 5.67. The predicted molar refractivity (Wildman–Crippen MR) is 126 cm³/mol. The number of nitrogens with zero attached hydrogens (tertiary/aromatic N) is 2. The maximum absolute atomic E-state index is 14.2. The number of carbonyl (C=O) groups is 1. The standard InChI is InChI=1S/C26H21ClF4N2O3/c1-2-35-25(34)23-8-4-7-22(33-23)19-6-3-5-18(19)20-11-16(26(29,30)31)13-32-24(20)36-14-15-9-10-17(27)12-21(15)28/h4,7-13H,2-3,5-6,14H2,1H3. The van der Waals surface area contributed by atoms with E-state index in [1.807, 2.05) is 0 Å². The molecule has 0 radical (unpaired) electrons. The Morgan fingerprint density at radius 1 is 1.11 bits per heavy atom. The number of ether oxygens (including phenoxy) is 2. The second-order valence-electron chi connectivity index (χ2n) is 8.04. The zero-order chi connectivity index (χ0) is 25.9. The maximum Gasteiger partial charge on any atom is 0.417 e. The van der Waals surface area contributed by atoms with E-state index in [4.69, 9.17) is 21.1 Å². The van der Waals surface area contributed by atoms with Crippen LogP contribution in [0.5, 0.6) is 5.88 Å². The molecule has 0 bridgehead atoms. The van der Waals surface area contributed by atoms with E-state index in [9.17, 15) is 22.4 Å². The smallest absolute Gasteiger partial charge is 0.417 e. The van der Waals surface area contributed by atoms with Crippen LogP contribution in [0.2, 0.25) is 5.02 Å². The van der Waals surface area contributed by atoms with Gasteiger partial charge in [-0.25, -0.2) is 19.2 Å². The van der Waals surface area contributed by atoms with Crippen LogP contribution in [0.1, 0.15) is 59.1 Å². The summed E-state index contributed by atoms with van der Waals surface area (Å²) in [5.41, 5.74) is 1.21. The minimum absolute atomic E-state index is 0.0618. The number of pyridine rings is 2. The Balaban J connectivity index is 1.76. The van der Waals surface area contributed by atoms with Crippen LogP contribution in [0.4, 0.5) is 17.6 Å². The quantitative estimate of drug-likeness (QED) is 0.245. The van der Waals surface area contributed by atoms with Gasteiger partial charge in [-0.1, -0.05) is 23.7 Å². The molecule has 0 spiro atoms. The normalized spacial score (nSPS) is 13.7. The van der Waals surface area contributed by atoms with Crippen molar-refractivity contribution in [2.24, 2.45) is 0 Å². The van der Waals surface area contributed by atoms with Crippen LogP contribution in [0.15, 0.2) is 48.7 Å². The summed E-state index contributed by atoms with van der Waals surface area (Å²) in [6.45, 7) is 1.61. The highest BCUT2D eigenvalue weighted by Gasteiger charge is 2.33. The molecule has 0 saturated carbocycles. The fraction of sp³-hybridized carbons (Fsp3) is 0.269. The van der Waals surface area contributed by atoms with E-state index in [1.54, 1.807) is 19.1 Å². The molecule has 0 atom stereocenters. The van der Waals surface area contributed by atoms with Gasteiger partial charge in [-0.2, -0.15) is 13.2 Å². The largest absolute Gasteiger partial charge is 0.472 e. The fourth-order valence-electron chi connectivity index (χ4n) is 3.97. The average molecular weight is 521 g/mol. The van der Waals surface area contributed by atoms with Crippen LogP contribution in [-0.4, -0.2) is 22.5 Å². The summed E-state index contributed by atoms with van der Waals surface area (Å²) in [6.07, 6.45) is -2.28. The second kappa shape index (κ2) is 10.7. The Morgan fingerprint density at radius 2 is 1.89 bits per heavy atom. The first kappa shape index (κ1) is 25.6. The van der Waals surface area contributed by atoms with Gasteiger partial charge in [0.15, 0.2) is 0 Å². The molecule has 1 aromatic carbocycles. The van der Waals surface area contributed by atoms with Gasteiger partial charge in [-0.3, -0.25) is 0 Å². The summed E-state index contributed by atoms with van der Waals surface area (Å²) in [5, 5.41) is 0.211. The van der Waals surface area contributed by atoms with Gasteiger partial charge in [0.25, 0.3) is 0 Å². The van der Waals surface area contributed by atoms with Crippen molar-refractivity contribution in [3.05, 3.63) is 87.6 Å². The van der Waals surface area contributed by atoms with Crippen molar-refractivity contribution >= 4 is 28.7 Å². The van der Waals surface area contributed by atoms with E-state index in [1.165, 1.54) is 18.2 Å². The van der Waals surface area contributed by atoms with Crippen LogP contribution in [0.3, 0.4) is 0 Å². The molecule has 10 heteroatoms. The number of halogens is 5. The molecule has 1 aliphatic rings. The summed E-state index contributed by atoms with van der Waals surface area (Å²) < 4.78 is 65.6. The minimum atomic E-state index is -4.62. The molecule has 4 rings (SSSR count). The molecule has 36 heavy (non-hydrogen) atoms. The summed E-state index contributed by atoms with van der Waals surface area (Å²) in [5.74, 6) is -1.25. The van der Waals surface area contributed by atoms with Crippen molar-refractivity contribution in [3.63, 3.8) is 0 Å². The Labute approximate surface area is 209 Å². The number of alkyl halides is 3. The Morgan fingerprint density at radius 3 is 2.61 bits per heavy atom. The van der Waals surface area contributed by atoms with Gasteiger partial charge in [-0.05, 0) is 67.7 Å². The zero-order valence-electron chi connectivity index (χ0n) is 19.2. The van der Waals surface area contributed by atoms with Gasteiger partial charge < -0.3 is 9.47 Å². The van der Waals surface area contributed by atoms with Crippen LogP contribution < -0.4 is 4.74 Å². The van der Waals surface area contributed by atoms with Crippen molar-refractivity contribution in [1.82, 2.24) is 9.97 Å². The molecule has 188 valence electrons. The number of hydrogen-bond acceptors (Lipinski definition) is 5. The van der Waals surface area contributed by atoms with Crippen LogP contribution in [-0.2, 0) is 17.5 Å². The molecule has 3 aromatic rings. The molecule has 0 unspecified atom stereocenters. The van der Waals surface area contributed by atoms with Crippen LogP contribution in [0, 0.1) is 5.82 Å². The molecule has 0 amide bonds. The molecule has 2 aromatic heterocycles. The molecular formula is C26H21ClF4N2O3. The van der Waals surface area contributed by atoms with Crippen LogP contribution in [0.25, 0.3) is 11.1 Å². The first-order chi connectivity index (χ1) is 17.2. The van der Waals surface area contributed by atoms with E-state index in [-0.39, 0.29) is 40.9 Å². The number of hydrogen-bond donors (Lipinski definition) is 0. The number of aromatic nitrogens is 2. The van der Waals surface area contributed by atoms with E-state index in [2.05, 4.69) is 9.97 Å². The van der Waals surface area contributed by atoms with E-state index < -0.39 is 23.5 Å². The SMILES string of the molecule is CCOC(=O)c1cccc(C2=C(c3cc(C(F)(F)F)cnc3OCc3ccc(Cl)cc3F)CCC2)n1. The first-order valence-electron chi connectivity index (χ1n) is 11.2. The van der Waals surface area contributed by atoms with E-state index in [0.717, 1.165) is 12.1 Å². The highest BCUT2D eigenvalue weighted by molar-refractivity contribution is 6.30. The van der Waals surface area contributed by atoms with Crippen molar-refractivity contribution in [2.75, 3.05) is 6.61 Å². The summed E-state index contributed by atoms with van der Waals surface area (Å²) in [6, 6.07) is 9.88. The minimum Gasteiger partial charge on any atom is -0.472 e. The Hall–Kier alpha value is -3.46.